The van der Waals surface area contributed by atoms with Crippen molar-refractivity contribution in [2.24, 2.45) is 5.92 Å². The lowest BCUT2D eigenvalue weighted by molar-refractivity contribution is -0.934. The number of anilines is 1. The van der Waals surface area contributed by atoms with E-state index in [-0.39, 0.29) is 11.9 Å². The highest BCUT2D eigenvalue weighted by molar-refractivity contribution is 5.47. The van der Waals surface area contributed by atoms with Gasteiger partial charge in [-0.3, -0.25) is 0 Å². The number of halogens is 1. The average molecular weight is 410 g/mol. The van der Waals surface area contributed by atoms with Crippen molar-refractivity contribution < 1.29 is 9.29 Å². The van der Waals surface area contributed by atoms with Gasteiger partial charge in [-0.2, -0.15) is 0 Å². The van der Waals surface area contributed by atoms with Gasteiger partial charge >= 0.3 is 0 Å². The Morgan fingerprint density at radius 2 is 1.70 bits per heavy atom. The molecular formula is C23H30FN6+. The molecule has 30 heavy (non-hydrogen) atoms. The third-order valence-corrected chi connectivity index (χ3v) is 5.85. The molecule has 1 aliphatic rings. The van der Waals surface area contributed by atoms with Gasteiger partial charge in [-0.15, -0.1) is 5.10 Å². The molecule has 1 aromatic heterocycles. The summed E-state index contributed by atoms with van der Waals surface area (Å²) in [5, 5.41) is 12.7. The Morgan fingerprint density at radius 1 is 1.00 bits per heavy atom. The maximum Gasteiger partial charge on any atom is 0.209 e. The van der Waals surface area contributed by atoms with Crippen LogP contribution in [0.15, 0.2) is 54.6 Å². The van der Waals surface area contributed by atoms with Crippen LogP contribution in [0.2, 0.25) is 0 Å². The van der Waals surface area contributed by atoms with Crippen LogP contribution in [-0.4, -0.2) is 46.4 Å². The Hall–Kier alpha value is -2.80. The van der Waals surface area contributed by atoms with Crippen LogP contribution in [0, 0.1) is 11.7 Å². The Labute approximate surface area is 177 Å². The number of aromatic nitrogens is 4. The maximum atomic E-state index is 14.2. The summed E-state index contributed by atoms with van der Waals surface area (Å²) in [4.78, 5) is 3.62. The van der Waals surface area contributed by atoms with Crippen LogP contribution in [0.25, 0.3) is 0 Å². The van der Waals surface area contributed by atoms with E-state index in [4.69, 9.17) is 0 Å². The molecule has 158 valence electrons. The molecule has 0 amide bonds. The molecule has 1 atom stereocenters. The van der Waals surface area contributed by atoms with Crippen LogP contribution in [0.3, 0.4) is 0 Å². The first-order valence-electron chi connectivity index (χ1n) is 10.8. The lowest BCUT2D eigenvalue weighted by Crippen LogP contribution is -3.15. The third kappa shape index (κ3) is 4.67. The second-order valence-electron chi connectivity index (χ2n) is 8.46. The summed E-state index contributed by atoms with van der Waals surface area (Å²) in [7, 11) is 0. The van der Waals surface area contributed by atoms with Crippen molar-refractivity contribution in [3.8, 4) is 0 Å². The van der Waals surface area contributed by atoms with Gasteiger partial charge in [0.2, 0.25) is 5.82 Å². The standard InChI is InChI=1S/C23H29FN6/c1-18(2)16-22(23-25-26-27-30(23)17-19-8-4-3-5-9-19)29-14-12-28(13-15-29)21-11-7-6-10-20(21)24/h3-11,18,22H,12-17H2,1-2H3/p+1/t22-/m1/s1. The zero-order valence-electron chi connectivity index (χ0n) is 17.7. The Kier molecular flexibility index (Phi) is 6.38. The van der Waals surface area contributed by atoms with Crippen molar-refractivity contribution in [1.82, 2.24) is 20.2 Å². The summed E-state index contributed by atoms with van der Waals surface area (Å²) in [5.41, 5.74) is 1.89. The Balaban J connectivity index is 1.51. The molecule has 4 rings (SSSR count). The van der Waals surface area contributed by atoms with Crippen molar-refractivity contribution in [1.29, 1.82) is 0 Å². The van der Waals surface area contributed by atoms with Crippen molar-refractivity contribution >= 4 is 5.69 Å². The molecule has 0 spiro atoms. The molecule has 0 aliphatic carbocycles. The molecule has 7 heteroatoms. The largest absolute Gasteiger partial charge is 0.358 e. The van der Waals surface area contributed by atoms with E-state index in [1.165, 1.54) is 16.5 Å². The Bertz CT molecular complexity index is 934. The second-order valence-corrected chi connectivity index (χ2v) is 8.46. The quantitative estimate of drug-likeness (QED) is 0.651. The topological polar surface area (TPSA) is 51.3 Å². The van der Waals surface area contributed by atoms with Crippen LogP contribution >= 0.6 is 0 Å². The van der Waals surface area contributed by atoms with Gasteiger partial charge in [0.25, 0.3) is 0 Å². The predicted molar refractivity (Wildman–Crippen MR) is 115 cm³/mol. The molecule has 1 aliphatic heterocycles. The molecule has 0 radical (unpaired) electrons. The highest BCUT2D eigenvalue weighted by Gasteiger charge is 2.33. The van der Waals surface area contributed by atoms with Crippen molar-refractivity contribution in [3.63, 3.8) is 0 Å². The first-order chi connectivity index (χ1) is 14.6. The molecule has 2 aromatic carbocycles. The highest BCUT2D eigenvalue weighted by Crippen LogP contribution is 2.20. The van der Waals surface area contributed by atoms with Gasteiger partial charge in [0, 0.05) is 6.42 Å². The molecule has 0 bridgehead atoms. The van der Waals surface area contributed by atoms with E-state index in [2.05, 4.69) is 46.4 Å². The number of para-hydroxylation sites is 1. The minimum Gasteiger partial charge on any atom is -0.358 e. The van der Waals surface area contributed by atoms with Crippen molar-refractivity contribution in [2.45, 2.75) is 32.9 Å². The molecular weight excluding hydrogens is 379 g/mol. The van der Waals surface area contributed by atoms with E-state index in [1.54, 1.807) is 6.07 Å². The van der Waals surface area contributed by atoms with Gasteiger partial charge < -0.3 is 9.80 Å². The normalized spacial score (nSPS) is 16.2. The number of piperazine rings is 1. The summed E-state index contributed by atoms with van der Waals surface area (Å²) in [6, 6.07) is 17.6. The molecule has 1 N–H and O–H groups in total. The fourth-order valence-corrected chi connectivity index (χ4v) is 4.35. The van der Waals surface area contributed by atoms with E-state index >= 15 is 0 Å². The van der Waals surface area contributed by atoms with E-state index in [9.17, 15) is 4.39 Å². The fourth-order valence-electron chi connectivity index (χ4n) is 4.35. The van der Waals surface area contributed by atoms with Gasteiger partial charge in [-0.05, 0) is 34.0 Å². The minimum absolute atomic E-state index is 0.147. The van der Waals surface area contributed by atoms with E-state index in [0.29, 0.717) is 18.2 Å². The highest BCUT2D eigenvalue weighted by atomic mass is 19.1. The zero-order valence-corrected chi connectivity index (χ0v) is 17.7. The summed E-state index contributed by atoms with van der Waals surface area (Å²) in [5.74, 6) is 1.34. The second kappa shape index (κ2) is 9.34. The number of nitrogens with one attached hydrogen (secondary N) is 1. The van der Waals surface area contributed by atoms with Crippen LogP contribution in [-0.2, 0) is 6.54 Å². The predicted octanol–water partition coefficient (Wildman–Crippen LogP) is 2.35. The summed E-state index contributed by atoms with van der Waals surface area (Å²) in [6.45, 7) is 8.68. The van der Waals surface area contributed by atoms with Crippen molar-refractivity contribution in [3.05, 3.63) is 71.8 Å². The number of tetrazole rings is 1. The monoisotopic (exact) mass is 409 g/mol. The van der Waals surface area contributed by atoms with Gasteiger partial charge in [0.1, 0.15) is 11.9 Å². The smallest absolute Gasteiger partial charge is 0.209 e. The lowest BCUT2D eigenvalue weighted by atomic mass is 10.0. The van der Waals surface area contributed by atoms with Gasteiger partial charge in [0.15, 0.2) is 0 Å². The number of hydrogen-bond acceptors (Lipinski definition) is 4. The van der Waals surface area contributed by atoms with Crippen molar-refractivity contribution in [2.75, 3.05) is 31.1 Å². The van der Waals surface area contributed by atoms with Gasteiger partial charge in [-0.1, -0.05) is 56.3 Å². The van der Waals surface area contributed by atoms with E-state index < -0.39 is 0 Å². The maximum absolute atomic E-state index is 14.2. The molecule has 3 aromatic rings. The van der Waals surface area contributed by atoms with E-state index in [0.717, 1.165) is 38.4 Å². The van der Waals surface area contributed by atoms with Gasteiger partial charge in [-0.25, -0.2) is 9.07 Å². The molecule has 0 unspecified atom stereocenters. The Morgan fingerprint density at radius 3 is 2.40 bits per heavy atom. The number of quaternary nitrogens is 1. The molecule has 6 nitrogen and oxygen atoms in total. The van der Waals surface area contributed by atoms with E-state index in [1.807, 2.05) is 35.0 Å². The van der Waals surface area contributed by atoms with Crippen LogP contribution in [0.1, 0.15) is 37.7 Å². The lowest BCUT2D eigenvalue weighted by Gasteiger charge is -2.37. The van der Waals surface area contributed by atoms with Gasteiger partial charge in [0.05, 0.1) is 38.4 Å². The summed E-state index contributed by atoms with van der Waals surface area (Å²) < 4.78 is 16.1. The van der Waals surface area contributed by atoms with Crippen LogP contribution in [0.4, 0.5) is 10.1 Å². The number of nitrogens with zero attached hydrogens (tertiary/aromatic N) is 5. The average Bonchev–Trinajstić information content (AvgIpc) is 3.21. The number of hydrogen-bond donors (Lipinski definition) is 1. The summed E-state index contributed by atoms with van der Waals surface area (Å²) in [6.07, 6.45) is 1.02. The van der Waals surface area contributed by atoms with Crippen LogP contribution in [0.5, 0.6) is 0 Å². The SMILES string of the molecule is CC(C)C[C@H](c1nnnn1Cc1ccccc1)[NH+]1CCN(c2ccccc2F)CC1. The fraction of sp³-hybridized carbons (Fsp3) is 0.435. The first-order valence-corrected chi connectivity index (χ1v) is 10.8. The minimum atomic E-state index is -0.147. The number of benzene rings is 2. The molecule has 1 fully saturated rings. The first kappa shape index (κ1) is 20.5. The zero-order chi connectivity index (χ0) is 20.9. The summed E-state index contributed by atoms with van der Waals surface area (Å²) >= 11 is 0. The number of rotatable bonds is 7. The van der Waals surface area contributed by atoms with Crippen LogP contribution < -0.4 is 9.80 Å². The third-order valence-electron chi connectivity index (χ3n) is 5.85. The molecule has 0 saturated carbocycles. The molecule has 2 heterocycles. The molecule has 1 saturated heterocycles.